The fourth-order valence-electron chi connectivity index (χ4n) is 1.68. The molecule has 0 saturated carbocycles. The van der Waals surface area contributed by atoms with Crippen LogP contribution in [0.4, 0.5) is 5.69 Å². The molecule has 0 bridgehead atoms. The van der Waals surface area contributed by atoms with Crippen molar-refractivity contribution in [3.05, 3.63) is 45.4 Å². The van der Waals surface area contributed by atoms with Gasteiger partial charge < -0.3 is 10.6 Å². The third-order valence-electron chi connectivity index (χ3n) is 2.64. The van der Waals surface area contributed by atoms with Gasteiger partial charge in [-0.3, -0.25) is 4.79 Å². The summed E-state index contributed by atoms with van der Waals surface area (Å²) in [6, 6.07) is 5.38. The van der Waals surface area contributed by atoms with Gasteiger partial charge in [0, 0.05) is 24.3 Å². The molecule has 0 aliphatic heterocycles. The molecule has 0 radical (unpaired) electrons. The fraction of sp³-hybridized carbons (Fsp3) is 0.231. The Morgan fingerprint density at radius 3 is 2.89 bits per heavy atom. The second kappa shape index (κ2) is 6.04. The molecular formula is C13H14ClN3OS. The summed E-state index contributed by atoms with van der Waals surface area (Å²) in [7, 11) is 1.58. The highest BCUT2D eigenvalue weighted by Crippen LogP contribution is 2.25. The van der Waals surface area contributed by atoms with Crippen LogP contribution in [-0.2, 0) is 0 Å². The lowest BCUT2D eigenvalue weighted by Crippen LogP contribution is -2.18. The highest BCUT2D eigenvalue weighted by Gasteiger charge is 2.12. The summed E-state index contributed by atoms with van der Waals surface area (Å²) in [5.74, 6) is -0.199. The second-order valence-electron chi connectivity index (χ2n) is 4.01. The van der Waals surface area contributed by atoms with Crippen LogP contribution in [0.1, 0.15) is 28.3 Å². The molecule has 0 fully saturated rings. The molecule has 2 aromatic rings. The van der Waals surface area contributed by atoms with Gasteiger partial charge in [-0.25, -0.2) is 4.98 Å². The summed E-state index contributed by atoms with van der Waals surface area (Å²) >= 11 is 7.60. The SMILES string of the molecule is CNC(=O)c1cc(NC(C)c2nccs2)ccc1Cl. The number of halogens is 1. The van der Waals surface area contributed by atoms with Gasteiger partial charge in [0.15, 0.2) is 0 Å². The average Bonchev–Trinajstić information content (AvgIpc) is 2.94. The molecule has 0 spiro atoms. The van der Waals surface area contributed by atoms with Crippen LogP contribution < -0.4 is 10.6 Å². The molecule has 0 saturated heterocycles. The maximum absolute atomic E-state index is 11.7. The molecule has 1 aromatic heterocycles. The topological polar surface area (TPSA) is 54.0 Å². The van der Waals surface area contributed by atoms with Crippen molar-refractivity contribution in [2.45, 2.75) is 13.0 Å². The Balaban J connectivity index is 2.19. The Bertz CT molecular complexity index is 571. The van der Waals surface area contributed by atoms with Crippen LogP contribution in [0.5, 0.6) is 0 Å². The molecule has 19 heavy (non-hydrogen) atoms. The van der Waals surface area contributed by atoms with Crippen molar-refractivity contribution in [1.82, 2.24) is 10.3 Å². The minimum atomic E-state index is -0.199. The molecule has 6 heteroatoms. The number of amides is 1. The molecule has 1 aromatic carbocycles. The van der Waals surface area contributed by atoms with E-state index in [0.717, 1.165) is 10.7 Å². The zero-order valence-electron chi connectivity index (χ0n) is 10.6. The number of thiazole rings is 1. The highest BCUT2D eigenvalue weighted by molar-refractivity contribution is 7.09. The lowest BCUT2D eigenvalue weighted by Gasteiger charge is -2.14. The largest absolute Gasteiger partial charge is 0.376 e. The van der Waals surface area contributed by atoms with E-state index >= 15 is 0 Å². The summed E-state index contributed by atoms with van der Waals surface area (Å²) < 4.78 is 0. The van der Waals surface area contributed by atoms with Gasteiger partial charge in [0.05, 0.1) is 16.6 Å². The van der Waals surface area contributed by atoms with E-state index in [9.17, 15) is 4.79 Å². The van der Waals surface area contributed by atoms with Crippen molar-refractivity contribution in [2.75, 3.05) is 12.4 Å². The molecule has 1 heterocycles. The smallest absolute Gasteiger partial charge is 0.252 e. The molecule has 0 aliphatic carbocycles. The van der Waals surface area contributed by atoms with Gasteiger partial charge >= 0.3 is 0 Å². The molecular weight excluding hydrogens is 282 g/mol. The summed E-state index contributed by atoms with van der Waals surface area (Å²) in [6.45, 7) is 2.02. The number of nitrogens with one attached hydrogen (secondary N) is 2. The monoisotopic (exact) mass is 295 g/mol. The van der Waals surface area contributed by atoms with Gasteiger partial charge in [-0.05, 0) is 25.1 Å². The fourth-order valence-corrected chi connectivity index (χ4v) is 2.53. The molecule has 1 amide bonds. The molecule has 2 N–H and O–H groups in total. The van der Waals surface area contributed by atoms with Gasteiger partial charge in [0.25, 0.3) is 5.91 Å². The zero-order valence-corrected chi connectivity index (χ0v) is 12.2. The number of anilines is 1. The number of hydrogen-bond acceptors (Lipinski definition) is 4. The Morgan fingerprint density at radius 1 is 1.47 bits per heavy atom. The van der Waals surface area contributed by atoms with Crippen LogP contribution in [0, 0.1) is 0 Å². The number of carbonyl (C=O) groups excluding carboxylic acids is 1. The third-order valence-corrected chi connectivity index (χ3v) is 3.93. The Labute approximate surface area is 120 Å². The molecule has 1 atom stereocenters. The van der Waals surface area contributed by atoms with E-state index in [2.05, 4.69) is 15.6 Å². The van der Waals surface area contributed by atoms with E-state index in [1.54, 1.807) is 36.7 Å². The molecule has 2 rings (SSSR count). The first kappa shape index (κ1) is 13.8. The van der Waals surface area contributed by atoms with E-state index in [4.69, 9.17) is 11.6 Å². The standard InChI is InChI=1S/C13H14ClN3OS/c1-8(13-16-5-6-19-13)17-9-3-4-11(14)10(7-9)12(18)15-2/h3-8,17H,1-2H3,(H,15,18). The van der Waals surface area contributed by atoms with E-state index < -0.39 is 0 Å². The maximum atomic E-state index is 11.7. The summed E-state index contributed by atoms with van der Waals surface area (Å²) in [6.07, 6.45) is 1.77. The van der Waals surface area contributed by atoms with Gasteiger partial charge in [-0.15, -0.1) is 11.3 Å². The maximum Gasteiger partial charge on any atom is 0.252 e. The summed E-state index contributed by atoms with van der Waals surface area (Å²) in [5, 5.41) is 9.24. The van der Waals surface area contributed by atoms with Gasteiger partial charge in [0.2, 0.25) is 0 Å². The first-order chi connectivity index (χ1) is 9.11. The van der Waals surface area contributed by atoms with Crippen LogP contribution >= 0.6 is 22.9 Å². The van der Waals surface area contributed by atoms with Crippen molar-refractivity contribution in [3.8, 4) is 0 Å². The Morgan fingerprint density at radius 2 is 2.26 bits per heavy atom. The van der Waals surface area contributed by atoms with Crippen molar-refractivity contribution < 1.29 is 4.79 Å². The van der Waals surface area contributed by atoms with Crippen LogP contribution in [0.3, 0.4) is 0 Å². The van der Waals surface area contributed by atoms with E-state index in [0.29, 0.717) is 10.6 Å². The van der Waals surface area contributed by atoms with Gasteiger partial charge in [0.1, 0.15) is 5.01 Å². The minimum absolute atomic E-state index is 0.0821. The van der Waals surface area contributed by atoms with Crippen LogP contribution in [0.25, 0.3) is 0 Å². The van der Waals surface area contributed by atoms with Crippen LogP contribution in [0.2, 0.25) is 5.02 Å². The zero-order chi connectivity index (χ0) is 13.8. The lowest BCUT2D eigenvalue weighted by molar-refractivity contribution is 0.0963. The summed E-state index contributed by atoms with van der Waals surface area (Å²) in [4.78, 5) is 15.9. The first-order valence-electron chi connectivity index (χ1n) is 5.79. The minimum Gasteiger partial charge on any atom is -0.376 e. The number of benzene rings is 1. The number of hydrogen-bond donors (Lipinski definition) is 2. The predicted molar refractivity (Wildman–Crippen MR) is 79.0 cm³/mol. The predicted octanol–water partition coefficient (Wildman–Crippen LogP) is 3.33. The number of rotatable bonds is 4. The molecule has 0 aliphatic rings. The first-order valence-corrected chi connectivity index (χ1v) is 7.05. The lowest BCUT2D eigenvalue weighted by atomic mass is 10.1. The Hall–Kier alpha value is -1.59. The summed E-state index contributed by atoms with van der Waals surface area (Å²) in [5.41, 5.74) is 1.30. The molecule has 4 nitrogen and oxygen atoms in total. The third kappa shape index (κ3) is 3.24. The average molecular weight is 296 g/mol. The van der Waals surface area contributed by atoms with Crippen molar-refractivity contribution >= 4 is 34.5 Å². The van der Waals surface area contributed by atoms with Gasteiger partial charge in [-0.1, -0.05) is 11.6 Å². The molecule has 100 valence electrons. The number of nitrogens with zero attached hydrogens (tertiary/aromatic N) is 1. The van der Waals surface area contributed by atoms with Crippen molar-refractivity contribution in [2.24, 2.45) is 0 Å². The van der Waals surface area contributed by atoms with E-state index in [1.165, 1.54) is 0 Å². The second-order valence-corrected chi connectivity index (χ2v) is 5.34. The Kier molecular flexibility index (Phi) is 4.39. The van der Waals surface area contributed by atoms with Crippen LogP contribution in [0.15, 0.2) is 29.8 Å². The number of aromatic nitrogens is 1. The van der Waals surface area contributed by atoms with Crippen molar-refractivity contribution in [3.63, 3.8) is 0 Å². The quantitative estimate of drug-likeness (QED) is 0.910. The van der Waals surface area contributed by atoms with Gasteiger partial charge in [-0.2, -0.15) is 0 Å². The normalized spacial score (nSPS) is 11.9. The van der Waals surface area contributed by atoms with E-state index in [-0.39, 0.29) is 11.9 Å². The number of carbonyl (C=O) groups is 1. The van der Waals surface area contributed by atoms with Crippen LogP contribution in [-0.4, -0.2) is 17.9 Å². The highest BCUT2D eigenvalue weighted by atomic mass is 35.5. The molecule has 1 unspecified atom stereocenters. The van der Waals surface area contributed by atoms with E-state index in [1.807, 2.05) is 18.4 Å². The van der Waals surface area contributed by atoms with Crippen molar-refractivity contribution in [1.29, 1.82) is 0 Å².